The molecule has 114 valence electrons. The highest BCUT2D eigenvalue weighted by Crippen LogP contribution is 2.35. The largest absolute Gasteiger partial charge is 0.443 e. The number of aromatic nitrogens is 1. The SMILES string of the molecule is CNC(CSc1cccc(Br)c1)c1cnc(C(F)(F)F)s1. The van der Waals surface area contributed by atoms with Crippen LogP contribution in [0.15, 0.2) is 39.8 Å². The van der Waals surface area contributed by atoms with Gasteiger partial charge in [0, 0.05) is 26.2 Å². The Balaban J connectivity index is 2.05. The molecule has 1 aromatic heterocycles. The van der Waals surface area contributed by atoms with Crippen LogP contribution in [0, 0.1) is 0 Å². The van der Waals surface area contributed by atoms with Crippen molar-refractivity contribution in [3.8, 4) is 0 Å². The lowest BCUT2D eigenvalue weighted by atomic mass is 10.3. The van der Waals surface area contributed by atoms with Crippen LogP contribution in [-0.2, 0) is 6.18 Å². The molecule has 2 rings (SSSR count). The molecule has 1 N–H and O–H groups in total. The standard InChI is InChI=1S/C13H12BrF3N2S2/c1-18-10(7-20-9-4-2-3-8(14)5-9)11-6-19-12(21-11)13(15,16)17/h2-6,10,18H,7H2,1H3. The van der Waals surface area contributed by atoms with Crippen LogP contribution < -0.4 is 5.32 Å². The Hall–Kier alpha value is -0.570. The summed E-state index contributed by atoms with van der Waals surface area (Å²) in [5.41, 5.74) is 0. The van der Waals surface area contributed by atoms with Crippen LogP contribution >= 0.6 is 39.0 Å². The maximum atomic E-state index is 12.6. The molecule has 2 aromatic rings. The van der Waals surface area contributed by atoms with Gasteiger partial charge in [0.05, 0.1) is 6.04 Å². The lowest BCUT2D eigenvalue weighted by Gasteiger charge is -2.13. The molecule has 1 atom stereocenters. The molecule has 0 amide bonds. The Morgan fingerprint density at radius 3 is 2.76 bits per heavy atom. The molecule has 0 aliphatic rings. The van der Waals surface area contributed by atoms with E-state index in [0.717, 1.165) is 9.37 Å². The van der Waals surface area contributed by atoms with E-state index in [4.69, 9.17) is 0 Å². The third-order valence-corrected chi connectivity index (χ3v) is 5.41. The maximum absolute atomic E-state index is 12.6. The molecular weight excluding hydrogens is 385 g/mol. The zero-order valence-corrected chi connectivity index (χ0v) is 14.2. The zero-order valence-electron chi connectivity index (χ0n) is 10.9. The van der Waals surface area contributed by atoms with E-state index >= 15 is 0 Å². The highest BCUT2D eigenvalue weighted by molar-refractivity contribution is 9.10. The second-order valence-electron chi connectivity index (χ2n) is 4.18. The van der Waals surface area contributed by atoms with Gasteiger partial charge in [-0.15, -0.1) is 23.1 Å². The van der Waals surface area contributed by atoms with E-state index in [1.807, 2.05) is 24.3 Å². The maximum Gasteiger partial charge on any atom is 0.443 e. The first-order valence-electron chi connectivity index (χ1n) is 5.98. The minimum atomic E-state index is -4.38. The van der Waals surface area contributed by atoms with Gasteiger partial charge in [0.1, 0.15) is 0 Å². The van der Waals surface area contributed by atoms with Gasteiger partial charge in [-0.2, -0.15) is 13.2 Å². The number of hydrogen-bond donors (Lipinski definition) is 1. The van der Waals surface area contributed by atoms with Gasteiger partial charge >= 0.3 is 6.18 Å². The fourth-order valence-electron chi connectivity index (χ4n) is 1.62. The monoisotopic (exact) mass is 396 g/mol. The van der Waals surface area contributed by atoms with Crippen LogP contribution in [0.4, 0.5) is 13.2 Å². The average Bonchev–Trinajstić information content (AvgIpc) is 2.89. The fraction of sp³-hybridized carbons (Fsp3) is 0.308. The quantitative estimate of drug-likeness (QED) is 0.721. The van der Waals surface area contributed by atoms with Gasteiger partial charge in [-0.1, -0.05) is 22.0 Å². The van der Waals surface area contributed by atoms with Crippen molar-refractivity contribution in [3.63, 3.8) is 0 Å². The molecule has 0 aliphatic carbocycles. The second-order valence-corrected chi connectivity index (χ2v) is 7.25. The Morgan fingerprint density at radius 1 is 1.43 bits per heavy atom. The number of alkyl halides is 3. The van der Waals surface area contributed by atoms with Crippen LogP contribution in [0.25, 0.3) is 0 Å². The Labute approximate surface area is 137 Å². The molecule has 0 bridgehead atoms. The highest BCUT2D eigenvalue weighted by atomic mass is 79.9. The van der Waals surface area contributed by atoms with Gasteiger partial charge in [0.15, 0.2) is 5.01 Å². The minimum absolute atomic E-state index is 0.164. The summed E-state index contributed by atoms with van der Waals surface area (Å²) < 4.78 is 38.7. The van der Waals surface area contributed by atoms with Crippen molar-refractivity contribution in [2.75, 3.05) is 12.8 Å². The molecule has 1 aromatic carbocycles. The third-order valence-electron chi connectivity index (χ3n) is 2.67. The normalized spacial score (nSPS) is 13.4. The van der Waals surface area contributed by atoms with E-state index in [2.05, 4.69) is 26.2 Å². The van der Waals surface area contributed by atoms with Gasteiger partial charge in [0.25, 0.3) is 0 Å². The second kappa shape index (κ2) is 7.13. The lowest BCUT2D eigenvalue weighted by Crippen LogP contribution is -2.17. The summed E-state index contributed by atoms with van der Waals surface area (Å²) in [6, 6.07) is 7.64. The Bertz CT molecular complexity index is 601. The number of nitrogens with one attached hydrogen (secondary N) is 1. The molecule has 0 fully saturated rings. The van der Waals surface area contributed by atoms with Crippen LogP contribution in [0.5, 0.6) is 0 Å². The third kappa shape index (κ3) is 4.70. The number of nitrogens with zero attached hydrogens (tertiary/aromatic N) is 1. The van der Waals surface area contributed by atoms with Crippen LogP contribution in [0.3, 0.4) is 0 Å². The predicted molar refractivity (Wildman–Crippen MR) is 83.8 cm³/mol. The lowest BCUT2D eigenvalue weighted by molar-refractivity contribution is -0.137. The van der Waals surface area contributed by atoms with E-state index < -0.39 is 11.2 Å². The van der Waals surface area contributed by atoms with Gasteiger partial charge in [-0.05, 0) is 25.2 Å². The number of hydrogen-bond acceptors (Lipinski definition) is 4. The first-order valence-corrected chi connectivity index (χ1v) is 8.58. The van der Waals surface area contributed by atoms with E-state index in [-0.39, 0.29) is 6.04 Å². The van der Waals surface area contributed by atoms with Gasteiger partial charge in [-0.3, -0.25) is 0 Å². The molecule has 2 nitrogen and oxygen atoms in total. The number of rotatable bonds is 5. The molecule has 1 unspecified atom stereocenters. The summed E-state index contributed by atoms with van der Waals surface area (Å²) in [5.74, 6) is 0.631. The van der Waals surface area contributed by atoms with Crippen molar-refractivity contribution in [1.29, 1.82) is 0 Å². The molecule has 0 saturated heterocycles. The fourth-order valence-corrected chi connectivity index (χ4v) is 4.26. The first-order chi connectivity index (χ1) is 9.90. The van der Waals surface area contributed by atoms with Crippen molar-refractivity contribution in [3.05, 3.63) is 44.8 Å². The molecule has 0 saturated carbocycles. The van der Waals surface area contributed by atoms with E-state index in [9.17, 15) is 13.2 Å². The molecule has 0 aliphatic heterocycles. The number of thioether (sulfide) groups is 1. The summed E-state index contributed by atoms with van der Waals surface area (Å²) in [6.45, 7) is 0. The number of benzene rings is 1. The average molecular weight is 397 g/mol. The first kappa shape index (κ1) is 16.8. The summed E-state index contributed by atoms with van der Waals surface area (Å²) in [7, 11) is 1.74. The van der Waals surface area contributed by atoms with Gasteiger partial charge < -0.3 is 5.32 Å². The highest BCUT2D eigenvalue weighted by Gasteiger charge is 2.35. The van der Waals surface area contributed by atoms with Gasteiger partial charge in [-0.25, -0.2) is 4.98 Å². The summed E-state index contributed by atoms with van der Waals surface area (Å²) in [6.07, 6.45) is -3.07. The number of halogens is 4. The molecular formula is C13H12BrF3N2S2. The van der Waals surface area contributed by atoms with Crippen molar-refractivity contribution in [2.24, 2.45) is 0 Å². The van der Waals surface area contributed by atoms with E-state index in [0.29, 0.717) is 22.0 Å². The van der Waals surface area contributed by atoms with Crippen LogP contribution in [0.1, 0.15) is 15.9 Å². The summed E-state index contributed by atoms with van der Waals surface area (Å²) >= 11 is 5.67. The molecule has 0 spiro atoms. The topological polar surface area (TPSA) is 24.9 Å². The van der Waals surface area contributed by atoms with Crippen molar-refractivity contribution >= 4 is 39.0 Å². The smallest absolute Gasteiger partial charge is 0.312 e. The van der Waals surface area contributed by atoms with E-state index in [1.165, 1.54) is 6.20 Å². The summed E-state index contributed by atoms with van der Waals surface area (Å²) in [5, 5.41) is 2.24. The molecule has 1 heterocycles. The molecule has 0 radical (unpaired) electrons. The van der Waals surface area contributed by atoms with E-state index in [1.54, 1.807) is 18.8 Å². The molecule has 21 heavy (non-hydrogen) atoms. The number of thiazole rings is 1. The predicted octanol–water partition coefficient (Wildman–Crippen LogP) is 4.98. The minimum Gasteiger partial charge on any atom is -0.312 e. The van der Waals surface area contributed by atoms with Crippen LogP contribution in [-0.4, -0.2) is 17.8 Å². The van der Waals surface area contributed by atoms with Crippen molar-refractivity contribution in [1.82, 2.24) is 10.3 Å². The van der Waals surface area contributed by atoms with Gasteiger partial charge in [0.2, 0.25) is 0 Å². The van der Waals surface area contributed by atoms with Crippen molar-refractivity contribution in [2.45, 2.75) is 17.1 Å². The van der Waals surface area contributed by atoms with Crippen LogP contribution in [0.2, 0.25) is 0 Å². The summed E-state index contributed by atoms with van der Waals surface area (Å²) in [4.78, 5) is 5.11. The Morgan fingerprint density at radius 2 is 2.19 bits per heavy atom. The van der Waals surface area contributed by atoms with Crippen molar-refractivity contribution < 1.29 is 13.2 Å². The Kier molecular flexibility index (Phi) is 5.70. The molecule has 8 heteroatoms. The zero-order chi connectivity index (χ0) is 15.5.